The molecular weight excluding hydrogens is 412 g/mol. The van der Waals surface area contributed by atoms with E-state index in [1.165, 1.54) is 4.90 Å². The second-order valence-corrected chi connectivity index (χ2v) is 9.91. The SMILES string of the molecule is CC(C)(C)OC[C@H](NC(=O)[C@@H]1CCCN1C(=O)OCc1ccccc1)C(=O)OC(C)(C)C. The number of ether oxygens (including phenoxy) is 3. The van der Waals surface area contributed by atoms with Crippen molar-refractivity contribution in [1.29, 1.82) is 0 Å². The van der Waals surface area contributed by atoms with Crippen molar-refractivity contribution in [2.45, 2.75) is 84.3 Å². The number of hydrogen-bond acceptors (Lipinski definition) is 6. The third-order valence-electron chi connectivity index (χ3n) is 4.69. The molecule has 2 rings (SSSR count). The van der Waals surface area contributed by atoms with Gasteiger partial charge in [-0.1, -0.05) is 30.3 Å². The number of benzene rings is 1. The molecule has 1 aliphatic heterocycles. The fraction of sp³-hybridized carbons (Fsp3) is 0.625. The summed E-state index contributed by atoms with van der Waals surface area (Å²) in [5, 5.41) is 2.72. The van der Waals surface area contributed by atoms with Crippen LogP contribution in [0.2, 0.25) is 0 Å². The van der Waals surface area contributed by atoms with E-state index in [1.54, 1.807) is 20.8 Å². The summed E-state index contributed by atoms with van der Waals surface area (Å²) in [4.78, 5) is 39.7. The second kappa shape index (κ2) is 10.8. The Morgan fingerprint density at radius 2 is 1.72 bits per heavy atom. The molecule has 0 spiro atoms. The van der Waals surface area contributed by atoms with Crippen molar-refractivity contribution >= 4 is 18.0 Å². The molecule has 0 aliphatic carbocycles. The predicted octanol–water partition coefficient (Wildman–Crippen LogP) is 3.43. The van der Waals surface area contributed by atoms with Gasteiger partial charge in [-0.25, -0.2) is 9.59 Å². The molecule has 8 nitrogen and oxygen atoms in total. The van der Waals surface area contributed by atoms with Gasteiger partial charge in [0.25, 0.3) is 0 Å². The summed E-state index contributed by atoms with van der Waals surface area (Å²) in [5.74, 6) is -1.00. The van der Waals surface area contributed by atoms with Crippen LogP contribution in [0.3, 0.4) is 0 Å². The van der Waals surface area contributed by atoms with Crippen LogP contribution in [0.25, 0.3) is 0 Å². The molecule has 1 fully saturated rings. The molecule has 1 aromatic carbocycles. The van der Waals surface area contributed by atoms with Crippen LogP contribution in [0.15, 0.2) is 30.3 Å². The van der Waals surface area contributed by atoms with Crippen molar-refractivity contribution in [2.75, 3.05) is 13.2 Å². The van der Waals surface area contributed by atoms with Crippen LogP contribution < -0.4 is 5.32 Å². The maximum absolute atomic E-state index is 13.0. The van der Waals surface area contributed by atoms with Gasteiger partial charge in [0, 0.05) is 6.54 Å². The van der Waals surface area contributed by atoms with E-state index in [9.17, 15) is 14.4 Å². The number of carbonyl (C=O) groups excluding carboxylic acids is 3. The zero-order chi connectivity index (χ0) is 23.9. The van der Waals surface area contributed by atoms with E-state index >= 15 is 0 Å². The van der Waals surface area contributed by atoms with Crippen molar-refractivity contribution < 1.29 is 28.6 Å². The maximum Gasteiger partial charge on any atom is 0.410 e. The quantitative estimate of drug-likeness (QED) is 0.643. The number of likely N-dealkylation sites (tertiary alicyclic amines) is 1. The minimum atomic E-state index is -0.983. The molecule has 1 aliphatic rings. The molecule has 178 valence electrons. The number of nitrogens with zero attached hydrogens (tertiary/aromatic N) is 1. The van der Waals surface area contributed by atoms with Crippen molar-refractivity contribution in [3.63, 3.8) is 0 Å². The van der Waals surface area contributed by atoms with Crippen molar-refractivity contribution in [2.24, 2.45) is 0 Å². The first-order valence-corrected chi connectivity index (χ1v) is 11.0. The van der Waals surface area contributed by atoms with Crippen LogP contribution in [0.5, 0.6) is 0 Å². The lowest BCUT2D eigenvalue weighted by molar-refractivity contribution is -0.162. The Labute approximate surface area is 190 Å². The summed E-state index contributed by atoms with van der Waals surface area (Å²) in [6, 6.07) is 7.65. The molecule has 1 aromatic rings. The van der Waals surface area contributed by atoms with Crippen molar-refractivity contribution in [3.8, 4) is 0 Å². The van der Waals surface area contributed by atoms with Gasteiger partial charge in [0.15, 0.2) is 6.04 Å². The Bertz CT molecular complexity index is 782. The molecule has 0 bridgehead atoms. The molecule has 32 heavy (non-hydrogen) atoms. The first-order chi connectivity index (χ1) is 14.9. The first-order valence-electron chi connectivity index (χ1n) is 11.0. The minimum absolute atomic E-state index is 0.0324. The minimum Gasteiger partial charge on any atom is -0.458 e. The largest absolute Gasteiger partial charge is 0.458 e. The van der Waals surface area contributed by atoms with Crippen LogP contribution in [0.4, 0.5) is 4.79 Å². The monoisotopic (exact) mass is 448 g/mol. The van der Waals surface area contributed by atoms with Crippen LogP contribution in [-0.2, 0) is 30.4 Å². The number of amides is 2. The van der Waals surface area contributed by atoms with Crippen LogP contribution in [0, 0.1) is 0 Å². The Balaban J connectivity index is 2.02. The Morgan fingerprint density at radius 3 is 2.31 bits per heavy atom. The highest BCUT2D eigenvalue weighted by molar-refractivity contribution is 5.90. The molecule has 2 atom stereocenters. The zero-order valence-electron chi connectivity index (χ0n) is 20.0. The van der Waals surface area contributed by atoms with Gasteiger partial charge in [0.2, 0.25) is 5.91 Å². The smallest absolute Gasteiger partial charge is 0.410 e. The molecule has 2 amide bonds. The Kier molecular flexibility index (Phi) is 8.66. The van der Waals surface area contributed by atoms with E-state index in [-0.39, 0.29) is 13.2 Å². The fourth-order valence-corrected chi connectivity index (χ4v) is 3.20. The summed E-state index contributed by atoms with van der Waals surface area (Å²) in [6.07, 6.45) is 0.618. The van der Waals surface area contributed by atoms with Gasteiger partial charge in [-0.2, -0.15) is 0 Å². The van der Waals surface area contributed by atoms with Gasteiger partial charge >= 0.3 is 12.1 Å². The number of hydrogen-bond donors (Lipinski definition) is 1. The lowest BCUT2D eigenvalue weighted by Gasteiger charge is -2.29. The molecule has 0 saturated carbocycles. The van der Waals surface area contributed by atoms with E-state index < -0.39 is 41.3 Å². The molecule has 1 heterocycles. The van der Waals surface area contributed by atoms with Gasteiger partial charge in [0.05, 0.1) is 12.2 Å². The highest BCUT2D eigenvalue weighted by Crippen LogP contribution is 2.20. The average molecular weight is 449 g/mol. The van der Waals surface area contributed by atoms with Crippen LogP contribution >= 0.6 is 0 Å². The average Bonchev–Trinajstić information content (AvgIpc) is 3.18. The van der Waals surface area contributed by atoms with Crippen molar-refractivity contribution in [1.82, 2.24) is 10.2 Å². The molecule has 1 N–H and O–H groups in total. The Hall–Kier alpha value is -2.61. The van der Waals surface area contributed by atoms with Gasteiger partial charge in [0.1, 0.15) is 18.2 Å². The third-order valence-corrected chi connectivity index (χ3v) is 4.69. The van der Waals surface area contributed by atoms with Crippen molar-refractivity contribution in [3.05, 3.63) is 35.9 Å². The van der Waals surface area contributed by atoms with Gasteiger partial charge in [-0.15, -0.1) is 0 Å². The normalized spacial score (nSPS) is 17.6. The molecule has 8 heteroatoms. The topological polar surface area (TPSA) is 94.2 Å². The van der Waals surface area contributed by atoms with E-state index in [0.29, 0.717) is 19.4 Å². The predicted molar refractivity (Wildman–Crippen MR) is 120 cm³/mol. The summed E-state index contributed by atoms with van der Waals surface area (Å²) in [7, 11) is 0. The maximum atomic E-state index is 13.0. The highest BCUT2D eigenvalue weighted by Gasteiger charge is 2.38. The first kappa shape index (κ1) is 25.6. The summed E-state index contributed by atoms with van der Waals surface area (Å²) in [5.41, 5.74) is -0.334. The van der Waals surface area contributed by atoms with Gasteiger partial charge < -0.3 is 19.5 Å². The zero-order valence-corrected chi connectivity index (χ0v) is 20.0. The number of esters is 1. The second-order valence-electron chi connectivity index (χ2n) is 9.91. The third kappa shape index (κ3) is 8.49. The lowest BCUT2D eigenvalue weighted by Crippen LogP contribution is -2.54. The molecular formula is C24H36N2O6. The number of carbonyl (C=O) groups is 3. The fourth-order valence-electron chi connectivity index (χ4n) is 3.20. The standard InChI is InChI=1S/C24H36N2O6/c1-23(2,3)31-16-18(21(28)32-24(4,5)6)25-20(27)19-13-10-14-26(19)22(29)30-15-17-11-8-7-9-12-17/h7-9,11-12,18-19H,10,13-16H2,1-6H3,(H,25,27)/t18-,19-/m0/s1. The van der Waals surface area contributed by atoms with Crippen LogP contribution in [-0.4, -0.2) is 59.3 Å². The lowest BCUT2D eigenvalue weighted by atomic mass is 10.1. The highest BCUT2D eigenvalue weighted by atomic mass is 16.6. The molecule has 0 aromatic heterocycles. The summed E-state index contributed by atoms with van der Waals surface area (Å²) < 4.78 is 16.6. The van der Waals surface area contributed by atoms with E-state index in [4.69, 9.17) is 14.2 Å². The number of rotatable bonds is 7. The van der Waals surface area contributed by atoms with Gasteiger partial charge in [-0.05, 0) is 59.9 Å². The Morgan fingerprint density at radius 1 is 1.06 bits per heavy atom. The number of nitrogens with one attached hydrogen (secondary N) is 1. The van der Waals surface area contributed by atoms with Crippen LogP contribution in [0.1, 0.15) is 59.9 Å². The van der Waals surface area contributed by atoms with Gasteiger partial charge in [-0.3, -0.25) is 9.69 Å². The molecule has 0 unspecified atom stereocenters. The molecule has 1 saturated heterocycles. The van der Waals surface area contributed by atoms with E-state index in [2.05, 4.69) is 5.32 Å². The summed E-state index contributed by atoms with van der Waals surface area (Å²) >= 11 is 0. The molecule has 0 radical (unpaired) electrons. The van der Waals surface area contributed by atoms with E-state index in [1.807, 2.05) is 51.1 Å². The van der Waals surface area contributed by atoms with E-state index in [0.717, 1.165) is 5.56 Å². The summed E-state index contributed by atoms with van der Waals surface area (Å²) in [6.45, 7) is 11.4.